The van der Waals surface area contributed by atoms with Crippen LogP contribution in [0.2, 0.25) is 0 Å². The van der Waals surface area contributed by atoms with Crippen LogP contribution in [0.3, 0.4) is 0 Å². The predicted octanol–water partition coefficient (Wildman–Crippen LogP) is 2.52. The first-order valence-electron chi connectivity index (χ1n) is 9.30. The van der Waals surface area contributed by atoms with Crippen LogP contribution in [0.15, 0.2) is 28.7 Å². The molecule has 8 heteroatoms. The van der Waals surface area contributed by atoms with Gasteiger partial charge in [0.2, 0.25) is 11.8 Å². The Kier molecular flexibility index (Phi) is 6.78. The number of aryl methyl sites for hydroxylation is 1. The van der Waals surface area contributed by atoms with Gasteiger partial charge < -0.3 is 24.7 Å². The van der Waals surface area contributed by atoms with E-state index in [1.807, 2.05) is 24.3 Å². The van der Waals surface area contributed by atoms with E-state index in [9.17, 15) is 4.79 Å². The summed E-state index contributed by atoms with van der Waals surface area (Å²) in [5.41, 5.74) is 1.54. The molecule has 2 N–H and O–H groups in total. The van der Waals surface area contributed by atoms with Crippen molar-refractivity contribution in [2.45, 2.75) is 19.8 Å². The molecule has 27 heavy (non-hydrogen) atoms. The molecule has 0 radical (unpaired) electrons. The number of nitrogens with one attached hydrogen (secondary N) is 2. The third kappa shape index (κ3) is 5.77. The summed E-state index contributed by atoms with van der Waals surface area (Å²) < 4.78 is 10.5. The summed E-state index contributed by atoms with van der Waals surface area (Å²) >= 11 is 0. The summed E-state index contributed by atoms with van der Waals surface area (Å²) in [6.45, 7) is 6.41. The van der Waals surface area contributed by atoms with Gasteiger partial charge in [-0.2, -0.15) is 0 Å². The second kappa shape index (κ2) is 9.48. The smallest absolute Gasteiger partial charge is 0.319 e. The molecule has 1 aromatic heterocycles. The Morgan fingerprint density at radius 1 is 1.33 bits per heavy atom. The first kappa shape index (κ1) is 19.3. The zero-order valence-corrected chi connectivity index (χ0v) is 15.9. The molecule has 1 atom stereocenters. The molecule has 0 aliphatic carbocycles. The number of hydrogen-bond donors (Lipinski definition) is 2. The molecular weight excluding hydrogens is 346 g/mol. The number of benzene rings is 1. The van der Waals surface area contributed by atoms with E-state index in [0.717, 1.165) is 50.3 Å². The fourth-order valence-corrected chi connectivity index (χ4v) is 3.24. The van der Waals surface area contributed by atoms with Crippen LogP contribution in [0.1, 0.15) is 18.7 Å². The van der Waals surface area contributed by atoms with Crippen molar-refractivity contribution in [3.8, 4) is 11.5 Å². The van der Waals surface area contributed by atoms with E-state index in [1.165, 1.54) is 0 Å². The van der Waals surface area contributed by atoms with E-state index < -0.39 is 0 Å². The molecule has 8 nitrogen and oxygen atoms in total. The lowest BCUT2D eigenvalue weighted by Gasteiger charge is -2.16. The molecule has 1 aliphatic rings. The minimum Gasteiger partial charge on any atom is -0.421 e. The molecule has 1 saturated heterocycles. The number of carbonyl (C=O) groups is 1. The summed E-state index contributed by atoms with van der Waals surface area (Å²) in [6, 6.07) is 7.15. The monoisotopic (exact) mass is 373 g/mol. The minimum absolute atomic E-state index is 0.186. The van der Waals surface area contributed by atoms with Gasteiger partial charge in [0.15, 0.2) is 0 Å². The molecule has 2 heterocycles. The third-order valence-corrected chi connectivity index (χ3v) is 4.66. The van der Waals surface area contributed by atoms with Gasteiger partial charge in [-0.05, 0) is 49.6 Å². The minimum atomic E-state index is -0.186. The normalized spacial score (nSPS) is 17.2. The molecule has 146 valence electrons. The van der Waals surface area contributed by atoms with Gasteiger partial charge in [-0.15, -0.1) is 10.2 Å². The Morgan fingerprint density at radius 3 is 2.85 bits per heavy atom. The van der Waals surface area contributed by atoms with E-state index in [0.29, 0.717) is 24.2 Å². The number of carbonyl (C=O) groups excluding carboxylic acids is 1. The Morgan fingerprint density at radius 2 is 2.15 bits per heavy atom. The number of nitrogens with zero attached hydrogens (tertiary/aromatic N) is 3. The first-order valence-corrected chi connectivity index (χ1v) is 9.30. The number of methoxy groups -OCH3 is 1. The average molecular weight is 373 g/mol. The van der Waals surface area contributed by atoms with Crippen LogP contribution in [0.4, 0.5) is 10.5 Å². The van der Waals surface area contributed by atoms with Crippen molar-refractivity contribution in [3.63, 3.8) is 0 Å². The third-order valence-electron chi connectivity index (χ3n) is 4.66. The number of amides is 2. The Bertz CT molecular complexity index is 731. The number of urea groups is 1. The molecule has 0 bridgehead atoms. The van der Waals surface area contributed by atoms with E-state index in [1.54, 1.807) is 14.0 Å². The summed E-state index contributed by atoms with van der Waals surface area (Å²) in [6.07, 6.45) is 2.17. The van der Waals surface area contributed by atoms with Crippen molar-refractivity contribution in [1.82, 2.24) is 20.4 Å². The lowest BCUT2D eigenvalue weighted by Crippen LogP contribution is -2.34. The maximum Gasteiger partial charge on any atom is 0.319 e. The van der Waals surface area contributed by atoms with E-state index in [2.05, 4.69) is 25.7 Å². The topological polar surface area (TPSA) is 92.5 Å². The summed E-state index contributed by atoms with van der Waals surface area (Å²) in [7, 11) is 1.73. The highest BCUT2D eigenvalue weighted by Crippen LogP contribution is 2.20. The standard InChI is InChI=1S/C19H27N5O3/c1-14-22-23-18(27-14)16-4-6-17(7-5-16)21-19(25)20-12-15-8-10-24(13-15)9-3-11-26-2/h4-7,15H,3,8-13H2,1-2H3,(H2,20,21,25). The SMILES string of the molecule is COCCCN1CCC(CNC(=O)Nc2ccc(-c3nnc(C)o3)cc2)C1. The molecule has 1 aliphatic heterocycles. The van der Waals surface area contributed by atoms with Gasteiger partial charge in [-0.25, -0.2) is 4.79 Å². The Balaban J connectivity index is 1.39. The predicted molar refractivity (Wildman–Crippen MR) is 103 cm³/mol. The highest BCUT2D eigenvalue weighted by Gasteiger charge is 2.22. The lowest BCUT2D eigenvalue weighted by atomic mass is 10.1. The number of ether oxygens (including phenoxy) is 1. The van der Waals surface area contributed by atoms with Gasteiger partial charge in [0, 0.05) is 51.5 Å². The van der Waals surface area contributed by atoms with Crippen LogP contribution in [0, 0.1) is 12.8 Å². The molecule has 0 spiro atoms. The summed E-state index contributed by atoms with van der Waals surface area (Å²) in [4.78, 5) is 14.6. The lowest BCUT2D eigenvalue weighted by molar-refractivity contribution is 0.178. The van der Waals surface area contributed by atoms with Gasteiger partial charge in [0.1, 0.15) is 0 Å². The zero-order chi connectivity index (χ0) is 19.1. The van der Waals surface area contributed by atoms with E-state index >= 15 is 0 Å². The van der Waals surface area contributed by atoms with Crippen LogP contribution in [0.5, 0.6) is 0 Å². The number of hydrogen-bond acceptors (Lipinski definition) is 6. The average Bonchev–Trinajstić information content (AvgIpc) is 3.30. The number of anilines is 1. The summed E-state index contributed by atoms with van der Waals surface area (Å²) in [5.74, 6) is 1.50. The summed E-state index contributed by atoms with van der Waals surface area (Å²) in [5, 5.41) is 13.6. The maximum atomic E-state index is 12.1. The fraction of sp³-hybridized carbons (Fsp3) is 0.526. The number of aromatic nitrogens is 2. The molecular formula is C19H27N5O3. The Hall–Kier alpha value is -2.45. The molecule has 1 aromatic carbocycles. The molecule has 2 aromatic rings. The quantitative estimate of drug-likeness (QED) is 0.691. The van der Waals surface area contributed by atoms with Crippen molar-refractivity contribution in [2.75, 3.05) is 45.2 Å². The zero-order valence-electron chi connectivity index (χ0n) is 15.9. The first-order chi connectivity index (χ1) is 13.1. The highest BCUT2D eigenvalue weighted by molar-refractivity contribution is 5.89. The largest absolute Gasteiger partial charge is 0.421 e. The number of likely N-dealkylation sites (tertiary alicyclic amines) is 1. The molecule has 0 saturated carbocycles. The van der Waals surface area contributed by atoms with Crippen molar-refractivity contribution in [1.29, 1.82) is 0 Å². The highest BCUT2D eigenvalue weighted by atomic mass is 16.5. The van der Waals surface area contributed by atoms with Crippen LogP contribution in [-0.2, 0) is 4.74 Å². The number of rotatable bonds is 8. The second-order valence-electron chi connectivity index (χ2n) is 6.84. The van der Waals surface area contributed by atoms with Crippen molar-refractivity contribution >= 4 is 11.7 Å². The molecule has 1 fully saturated rings. The maximum absolute atomic E-state index is 12.1. The van der Waals surface area contributed by atoms with Gasteiger partial charge >= 0.3 is 6.03 Å². The molecule has 2 amide bonds. The van der Waals surface area contributed by atoms with Crippen LogP contribution in [0.25, 0.3) is 11.5 Å². The van der Waals surface area contributed by atoms with E-state index in [-0.39, 0.29) is 6.03 Å². The fourth-order valence-electron chi connectivity index (χ4n) is 3.24. The molecule has 1 unspecified atom stereocenters. The van der Waals surface area contributed by atoms with Crippen LogP contribution < -0.4 is 10.6 Å². The van der Waals surface area contributed by atoms with Crippen LogP contribution >= 0.6 is 0 Å². The van der Waals surface area contributed by atoms with Crippen molar-refractivity contribution in [2.24, 2.45) is 5.92 Å². The van der Waals surface area contributed by atoms with Crippen LogP contribution in [-0.4, -0.2) is 61.0 Å². The van der Waals surface area contributed by atoms with Crippen molar-refractivity contribution in [3.05, 3.63) is 30.2 Å². The van der Waals surface area contributed by atoms with E-state index in [4.69, 9.17) is 9.15 Å². The molecule has 3 rings (SSSR count). The second-order valence-corrected chi connectivity index (χ2v) is 6.84. The van der Waals surface area contributed by atoms with Gasteiger partial charge in [0.05, 0.1) is 0 Å². The van der Waals surface area contributed by atoms with Crippen molar-refractivity contribution < 1.29 is 13.9 Å². The van der Waals surface area contributed by atoms with Gasteiger partial charge in [0.25, 0.3) is 0 Å². The van der Waals surface area contributed by atoms with Gasteiger partial charge in [-0.3, -0.25) is 0 Å². The van der Waals surface area contributed by atoms with Gasteiger partial charge in [-0.1, -0.05) is 0 Å². The Labute approximate surface area is 159 Å².